The summed E-state index contributed by atoms with van der Waals surface area (Å²) in [5.41, 5.74) is 0.721. The Balaban J connectivity index is 1.93. The molecule has 0 aromatic heterocycles. The lowest BCUT2D eigenvalue weighted by Crippen LogP contribution is -2.54. The molecular formula is C17H24BrClN2O2. The molecule has 6 heteroatoms. The molecule has 1 atom stereocenters. The average Bonchev–Trinajstić information content (AvgIpc) is 2.41. The number of hydrogen-bond acceptors (Lipinski definition) is 3. The van der Waals surface area contributed by atoms with Crippen LogP contribution in [0.4, 0.5) is 4.79 Å². The standard InChI is InChI=1S/C17H24BrClN2O2/c1-12-10-20(11-13-5-6-14(18)15(19)9-13)7-8-21(12)16(22)23-17(2,3)4/h5-6,9,12H,7-8,10-11H2,1-4H3/t12-/m0/s1. The van der Waals surface area contributed by atoms with Gasteiger partial charge < -0.3 is 9.64 Å². The van der Waals surface area contributed by atoms with Crippen LogP contribution in [0.15, 0.2) is 22.7 Å². The Kier molecular flexibility index (Phi) is 5.98. The fourth-order valence-electron chi connectivity index (χ4n) is 2.66. The van der Waals surface area contributed by atoms with Gasteiger partial charge in [-0.05, 0) is 61.3 Å². The summed E-state index contributed by atoms with van der Waals surface area (Å²) in [5.74, 6) is 0. The van der Waals surface area contributed by atoms with Gasteiger partial charge in [-0.15, -0.1) is 0 Å². The first-order chi connectivity index (χ1) is 10.7. The number of rotatable bonds is 2. The molecule has 1 saturated heterocycles. The predicted octanol–water partition coefficient (Wildman–Crippen LogP) is 4.54. The summed E-state index contributed by atoms with van der Waals surface area (Å²) in [6, 6.07) is 6.15. The second-order valence-corrected chi connectivity index (χ2v) is 8.27. The van der Waals surface area contributed by atoms with Crippen LogP contribution < -0.4 is 0 Å². The minimum atomic E-state index is -0.456. The zero-order valence-electron chi connectivity index (χ0n) is 14.1. The highest BCUT2D eigenvalue weighted by Gasteiger charge is 2.30. The molecule has 0 saturated carbocycles. The molecule has 1 aromatic rings. The maximum atomic E-state index is 12.2. The van der Waals surface area contributed by atoms with E-state index in [0.29, 0.717) is 6.54 Å². The summed E-state index contributed by atoms with van der Waals surface area (Å²) in [5, 5.41) is 0.725. The molecule has 0 N–H and O–H groups in total. The second kappa shape index (κ2) is 7.41. The summed E-state index contributed by atoms with van der Waals surface area (Å²) in [6.45, 7) is 10.9. The van der Waals surface area contributed by atoms with E-state index >= 15 is 0 Å². The monoisotopic (exact) mass is 402 g/mol. The molecule has 1 heterocycles. The molecule has 23 heavy (non-hydrogen) atoms. The average molecular weight is 404 g/mol. The Hall–Kier alpha value is -0.780. The fourth-order valence-corrected chi connectivity index (χ4v) is 3.11. The number of amides is 1. The highest BCUT2D eigenvalue weighted by molar-refractivity contribution is 9.10. The van der Waals surface area contributed by atoms with Crippen LogP contribution in [0.3, 0.4) is 0 Å². The van der Waals surface area contributed by atoms with Gasteiger partial charge in [0, 0.05) is 36.7 Å². The van der Waals surface area contributed by atoms with Crippen molar-refractivity contribution in [1.82, 2.24) is 9.80 Å². The predicted molar refractivity (Wildman–Crippen MR) is 96.8 cm³/mol. The molecule has 2 rings (SSSR count). The summed E-state index contributed by atoms with van der Waals surface area (Å²) < 4.78 is 6.38. The zero-order valence-corrected chi connectivity index (χ0v) is 16.4. The van der Waals surface area contributed by atoms with E-state index < -0.39 is 5.60 Å². The highest BCUT2D eigenvalue weighted by Crippen LogP contribution is 2.24. The quantitative estimate of drug-likeness (QED) is 0.726. The van der Waals surface area contributed by atoms with Crippen molar-refractivity contribution in [3.05, 3.63) is 33.3 Å². The molecule has 128 valence electrons. The van der Waals surface area contributed by atoms with Crippen LogP contribution in [0, 0.1) is 0 Å². The Morgan fingerprint density at radius 1 is 1.39 bits per heavy atom. The van der Waals surface area contributed by atoms with Gasteiger partial charge in [0.05, 0.1) is 5.02 Å². The van der Waals surface area contributed by atoms with E-state index in [9.17, 15) is 4.79 Å². The molecule has 1 aromatic carbocycles. The van der Waals surface area contributed by atoms with Crippen molar-refractivity contribution < 1.29 is 9.53 Å². The number of nitrogens with zero attached hydrogens (tertiary/aromatic N) is 2. The van der Waals surface area contributed by atoms with Crippen LogP contribution in [0.2, 0.25) is 5.02 Å². The highest BCUT2D eigenvalue weighted by atomic mass is 79.9. The van der Waals surface area contributed by atoms with Crippen molar-refractivity contribution in [2.24, 2.45) is 0 Å². The largest absolute Gasteiger partial charge is 0.444 e. The normalized spacial score (nSPS) is 19.7. The third kappa shape index (κ3) is 5.37. The van der Waals surface area contributed by atoms with E-state index in [2.05, 4.69) is 33.8 Å². The van der Waals surface area contributed by atoms with E-state index in [-0.39, 0.29) is 12.1 Å². The van der Waals surface area contributed by atoms with Gasteiger partial charge in [-0.25, -0.2) is 4.79 Å². The SMILES string of the molecule is C[C@H]1CN(Cc2ccc(Br)c(Cl)c2)CCN1C(=O)OC(C)(C)C. The number of piperazine rings is 1. The first kappa shape index (κ1) is 18.6. The Morgan fingerprint density at radius 2 is 2.09 bits per heavy atom. The van der Waals surface area contributed by atoms with Gasteiger partial charge in [0.2, 0.25) is 0 Å². The van der Waals surface area contributed by atoms with Crippen LogP contribution in [-0.4, -0.2) is 47.2 Å². The van der Waals surface area contributed by atoms with Crippen molar-refractivity contribution in [2.45, 2.75) is 45.9 Å². The first-order valence-corrected chi connectivity index (χ1v) is 8.99. The van der Waals surface area contributed by atoms with Crippen molar-refractivity contribution in [2.75, 3.05) is 19.6 Å². The third-order valence-corrected chi connectivity index (χ3v) is 4.96. The number of hydrogen-bond donors (Lipinski definition) is 0. The maximum Gasteiger partial charge on any atom is 0.410 e. The summed E-state index contributed by atoms with van der Waals surface area (Å²) >= 11 is 9.56. The molecule has 1 aliphatic heterocycles. The third-order valence-electron chi connectivity index (χ3n) is 3.73. The van der Waals surface area contributed by atoms with Crippen molar-refractivity contribution in [1.29, 1.82) is 0 Å². The van der Waals surface area contributed by atoms with Gasteiger partial charge in [-0.1, -0.05) is 17.7 Å². The van der Waals surface area contributed by atoms with Crippen LogP contribution in [-0.2, 0) is 11.3 Å². The topological polar surface area (TPSA) is 32.8 Å². The Morgan fingerprint density at radius 3 is 2.65 bits per heavy atom. The summed E-state index contributed by atoms with van der Waals surface area (Å²) in [6.07, 6.45) is -0.226. The Bertz CT molecular complexity index is 574. The van der Waals surface area contributed by atoms with Crippen molar-refractivity contribution in [3.8, 4) is 0 Å². The van der Waals surface area contributed by atoms with Crippen LogP contribution in [0.1, 0.15) is 33.3 Å². The van der Waals surface area contributed by atoms with Gasteiger partial charge in [0.15, 0.2) is 0 Å². The van der Waals surface area contributed by atoms with Crippen LogP contribution in [0.5, 0.6) is 0 Å². The van der Waals surface area contributed by atoms with Crippen molar-refractivity contribution in [3.63, 3.8) is 0 Å². The van der Waals surface area contributed by atoms with Gasteiger partial charge in [0.1, 0.15) is 5.60 Å². The van der Waals surface area contributed by atoms with E-state index in [1.807, 2.05) is 37.8 Å². The molecule has 1 amide bonds. The molecule has 1 aliphatic rings. The summed E-state index contributed by atoms with van der Waals surface area (Å²) in [4.78, 5) is 16.4. The fraction of sp³-hybridized carbons (Fsp3) is 0.588. The van der Waals surface area contributed by atoms with Crippen LogP contribution >= 0.6 is 27.5 Å². The first-order valence-electron chi connectivity index (χ1n) is 7.81. The van der Waals surface area contributed by atoms with Gasteiger partial charge in [-0.2, -0.15) is 0 Å². The minimum Gasteiger partial charge on any atom is -0.444 e. The molecule has 0 spiro atoms. The molecule has 1 fully saturated rings. The van der Waals surface area contributed by atoms with Gasteiger partial charge >= 0.3 is 6.09 Å². The second-order valence-electron chi connectivity index (χ2n) is 7.01. The lowest BCUT2D eigenvalue weighted by molar-refractivity contribution is 0.000564. The number of carbonyl (C=O) groups is 1. The summed E-state index contributed by atoms with van der Waals surface area (Å²) in [7, 11) is 0. The number of benzene rings is 1. The maximum absolute atomic E-state index is 12.2. The van der Waals surface area contributed by atoms with Crippen LogP contribution in [0.25, 0.3) is 0 Å². The van der Waals surface area contributed by atoms with E-state index in [0.717, 1.165) is 29.1 Å². The molecule has 0 radical (unpaired) electrons. The molecule has 0 aliphatic carbocycles. The molecule has 0 bridgehead atoms. The van der Waals surface area contributed by atoms with E-state index in [1.165, 1.54) is 5.56 Å². The number of ether oxygens (including phenoxy) is 1. The van der Waals surface area contributed by atoms with Crippen molar-refractivity contribution >= 4 is 33.6 Å². The van der Waals surface area contributed by atoms with Gasteiger partial charge in [-0.3, -0.25) is 4.90 Å². The molecule has 0 unspecified atom stereocenters. The zero-order chi connectivity index (χ0) is 17.2. The minimum absolute atomic E-state index is 0.129. The smallest absolute Gasteiger partial charge is 0.410 e. The molecular weight excluding hydrogens is 380 g/mol. The lowest BCUT2D eigenvalue weighted by atomic mass is 10.1. The lowest BCUT2D eigenvalue weighted by Gasteiger charge is -2.40. The Labute approximate surface area is 151 Å². The van der Waals surface area contributed by atoms with E-state index in [4.69, 9.17) is 16.3 Å². The number of halogens is 2. The molecule has 4 nitrogen and oxygen atoms in total. The van der Waals surface area contributed by atoms with E-state index in [1.54, 1.807) is 0 Å². The van der Waals surface area contributed by atoms with Gasteiger partial charge in [0.25, 0.3) is 0 Å². The number of carbonyl (C=O) groups excluding carboxylic acids is 1.